The Hall–Kier alpha value is -2.94. The van der Waals surface area contributed by atoms with Gasteiger partial charge in [-0.2, -0.15) is 4.98 Å². The molecule has 0 atom stereocenters. The van der Waals surface area contributed by atoms with Crippen molar-refractivity contribution in [1.29, 1.82) is 0 Å². The fourth-order valence-corrected chi connectivity index (χ4v) is 3.59. The Labute approximate surface area is 158 Å². The van der Waals surface area contributed by atoms with E-state index in [4.69, 9.17) is 13.7 Å². The van der Waals surface area contributed by atoms with Gasteiger partial charge in [0.25, 0.3) is 11.8 Å². The van der Waals surface area contributed by atoms with Gasteiger partial charge in [0.05, 0.1) is 17.1 Å². The molecule has 0 spiro atoms. The lowest BCUT2D eigenvalue weighted by Crippen LogP contribution is -2.40. The van der Waals surface area contributed by atoms with Gasteiger partial charge >= 0.3 is 5.97 Å². The lowest BCUT2D eigenvalue weighted by molar-refractivity contribution is -0.151. The molecule has 9 heteroatoms. The summed E-state index contributed by atoms with van der Waals surface area (Å²) in [7, 11) is 0. The number of piperidine rings is 1. The van der Waals surface area contributed by atoms with Crippen LogP contribution in [0.25, 0.3) is 10.8 Å². The van der Waals surface area contributed by atoms with E-state index in [-0.39, 0.29) is 24.4 Å². The maximum Gasteiger partial charge on any atom is 0.309 e. The fraction of sp³-hybridized carbons (Fsp3) is 0.333. The number of aromatic nitrogens is 2. The molecule has 3 aromatic rings. The second kappa shape index (κ2) is 7.75. The van der Waals surface area contributed by atoms with E-state index < -0.39 is 0 Å². The zero-order valence-corrected chi connectivity index (χ0v) is 15.2. The molecule has 0 saturated carbocycles. The average molecular weight is 387 g/mol. The third kappa shape index (κ3) is 3.92. The van der Waals surface area contributed by atoms with Crippen LogP contribution in [0.1, 0.15) is 29.2 Å². The van der Waals surface area contributed by atoms with Crippen LogP contribution >= 0.6 is 11.3 Å². The van der Waals surface area contributed by atoms with Crippen LogP contribution in [0.4, 0.5) is 0 Å². The first-order valence-electron chi connectivity index (χ1n) is 8.56. The molecule has 8 nitrogen and oxygen atoms in total. The highest BCUT2D eigenvalue weighted by atomic mass is 32.1. The molecule has 0 aliphatic carbocycles. The molecule has 1 amide bonds. The standard InChI is InChI=1S/C18H17N3O5S/c22-17(13-3-1-9-24-13)21-7-5-12(6-8-21)18(23)25-11-15-19-16(26-20-15)14-4-2-10-27-14/h1-4,9-10,12H,5-8,11H2. The van der Waals surface area contributed by atoms with Crippen LogP contribution in [0, 0.1) is 5.92 Å². The summed E-state index contributed by atoms with van der Waals surface area (Å²) in [6, 6.07) is 7.09. The van der Waals surface area contributed by atoms with Crippen LogP contribution in [-0.4, -0.2) is 40.0 Å². The molecule has 0 aromatic carbocycles. The highest BCUT2D eigenvalue weighted by Gasteiger charge is 2.29. The van der Waals surface area contributed by atoms with E-state index in [9.17, 15) is 9.59 Å². The second-order valence-electron chi connectivity index (χ2n) is 6.14. The number of hydrogen-bond acceptors (Lipinski definition) is 8. The minimum atomic E-state index is -0.303. The lowest BCUT2D eigenvalue weighted by atomic mass is 9.97. The van der Waals surface area contributed by atoms with Gasteiger partial charge < -0.3 is 18.6 Å². The predicted octanol–water partition coefficient (Wildman–Crippen LogP) is 2.99. The van der Waals surface area contributed by atoms with Crippen LogP contribution in [0.3, 0.4) is 0 Å². The Bertz CT molecular complexity index is 895. The molecule has 0 unspecified atom stereocenters. The van der Waals surface area contributed by atoms with Crippen molar-refractivity contribution in [2.24, 2.45) is 5.92 Å². The number of thiophene rings is 1. The molecule has 0 N–H and O–H groups in total. The summed E-state index contributed by atoms with van der Waals surface area (Å²) in [6.07, 6.45) is 2.58. The third-order valence-corrected chi connectivity index (χ3v) is 5.25. The number of ether oxygens (including phenoxy) is 1. The molecule has 4 heterocycles. The summed E-state index contributed by atoms with van der Waals surface area (Å²) in [5.74, 6) is 0.365. The molecule has 4 rings (SSSR count). The Morgan fingerprint density at radius 2 is 2.11 bits per heavy atom. The maximum absolute atomic E-state index is 12.3. The Balaban J connectivity index is 1.26. The first-order valence-corrected chi connectivity index (χ1v) is 9.44. The molecule has 1 aliphatic heterocycles. The average Bonchev–Trinajstić information content (AvgIpc) is 3.47. The van der Waals surface area contributed by atoms with Crippen molar-refractivity contribution in [2.45, 2.75) is 19.4 Å². The first-order chi connectivity index (χ1) is 13.2. The monoisotopic (exact) mass is 387 g/mol. The van der Waals surface area contributed by atoms with Gasteiger partial charge in [-0.3, -0.25) is 9.59 Å². The van der Waals surface area contributed by atoms with E-state index in [1.165, 1.54) is 17.6 Å². The Kier molecular flexibility index (Phi) is 5.01. The minimum absolute atomic E-state index is 0.0285. The largest absolute Gasteiger partial charge is 0.459 e. The number of rotatable bonds is 5. The van der Waals surface area contributed by atoms with Crippen molar-refractivity contribution in [3.8, 4) is 10.8 Å². The van der Waals surface area contributed by atoms with Crippen molar-refractivity contribution < 1.29 is 23.3 Å². The molecule has 1 saturated heterocycles. The molecule has 140 valence electrons. The molecule has 1 aliphatic rings. The highest BCUT2D eigenvalue weighted by Crippen LogP contribution is 2.23. The molecule has 3 aromatic heterocycles. The summed E-state index contributed by atoms with van der Waals surface area (Å²) in [5.41, 5.74) is 0. The van der Waals surface area contributed by atoms with Crippen molar-refractivity contribution in [2.75, 3.05) is 13.1 Å². The SMILES string of the molecule is O=C(OCc1noc(-c2cccs2)n1)C1CCN(C(=O)c2ccco2)CC1. The van der Waals surface area contributed by atoms with Gasteiger partial charge in [-0.1, -0.05) is 11.2 Å². The van der Waals surface area contributed by atoms with E-state index in [1.807, 2.05) is 17.5 Å². The summed E-state index contributed by atoms with van der Waals surface area (Å²) in [5, 5.41) is 5.75. The topological polar surface area (TPSA) is 98.7 Å². The summed E-state index contributed by atoms with van der Waals surface area (Å²) in [4.78, 5) is 31.3. The first kappa shape index (κ1) is 17.5. The number of likely N-dealkylation sites (tertiary alicyclic amines) is 1. The van der Waals surface area contributed by atoms with Crippen molar-refractivity contribution in [1.82, 2.24) is 15.0 Å². The normalized spacial score (nSPS) is 15.0. The Morgan fingerprint density at radius 1 is 1.26 bits per heavy atom. The lowest BCUT2D eigenvalue weighted by Gasteiger charge is -2.30. The van der Waals surface area contributed by atoms with Gasteiger partial charge in [-0.25, -0.2) is 0 Å². The zero-order chi connectivity index (χ0) is 18.6. The fourth-order valence-electron chi connectivity index (χ4n) is 2.94. The van der Waals surface area contributed by atoms with E-state index in [0.29, 0.717) is 43.4 Å². The predicted molar refractivity (Wildman–Crippen MR) is 94.7 cm³/mol. The molecular formula is C18H17N3O5S. The number of hydrogen-bond donors (Lipinski definition) is 0. The van der Waals surface area contributed by atoms with E-state index in [2.05, 4.69) is 10.1 Å². The van der Waals surface area contributed by atoms with Crippen LogP contribution in [0.2, 0.25) is 0 Å². The zero-order valence-electron chi connectivity index (χ0n) is 14.4. The number of carbonyl (C=O) groups excluding carboxylic acids is 2. The molecule has 1 fully saturated rings. The quantitative estimate of drug-likeness (QED) is 0.621. The number of esters is 1. The third-order valence-electron chi connectivity index (χ3n) is 4.39. The van der Waals surface area contributed by atoms with Crippen molar-refractivity contribution >= 4 is 23.2 Å². The number of nitrogens with zero attached hydrogens (tertiary/aromatic N) is 3. The molecule has 0 radical (unpaired) electrons. The van der Waals surface area contributed by atoms with Crippen molar-refractivity contribution in [3.05, 3.63) is 47.5 Å². The van der Waals surface area contributed by atoms with Gasteiger partial charge in [-0.15, -0.1) is 11.3 Å². The van der Waals surface area contributed by atoms with E-state index in [1.54, 1.807) is 17.0 Å². The molecular weight excluding hydrogens is 370 g/mol. The van der Waals surface area contributed by atoms with Gasteiger partial charge in [0, 0.05) is 13.1 Å². The Morgan fingerprint density at radius 3 is 2.81 bits per heavy atom. The van der Waals surface area contributed by atoms with Crippen LogP contribution < -0.4 is 0 Å². The summed E-state index contributed by atoms with van der Waals surface area (Å²) in [6.45, 7) is 0.952. The minimum Gasteiger partial charge on any atom is -0.459 e. The van der Waals surface area contributed by atoms with Crippen LogP contribution in [0.5, 0.6) is 0 Å². The highest BCUT2D eigenvalue weighted by molar-refractivity contribution is 7.13. The van der Waals surface area contributed by atoms with E-state index in [0.717, 1.165) is 4.88 Å². The summed E-state index contributed by atoms with van der Waals surface area (Å²) >= 11 is 1.50. The van der Waals surface area contributed by atoms with Crippen LogP contribution in [0.15, 0.2) is 44.8 Å². The van der Waals surface area contributed by atoms with E-state index >= 15 is 0 Å². The second-order valence-corrected chi connectivity index (χ2v) is 7.09. The maximum atomic E-state index is 12.3. The number of furan rings is 1. The van der Waals surface area contributed by atoms with Gasteiger partial charge in [0.15, 0.2) is 12.4 Å². The molecule has 0 bridgehead atoms. The van der Waals surface area contributed by atoms with Gasteiger partial charge in [0.1, 0.15) is 0 Å². The van der Waals surface area contributed by atoms with Crippen LogP contribution in [-0.2, 0) is 16.1 Å². The van der Waals surface area contributed by atoms with Crippen molar-refractivity contribution in [3.63, 3.8) is 0 Å². The van der Waals surface area contributed by atoms with Gasteiger partial charge in [0.2, 0.25) is 5.82 Å². The summed E-state index contributed by atoms with van der Waals surface area (Å²) < 4.78 is 15.6. The van der Waals surface area contributed by atoms with Gasteiger partial charge in [-0.05, 0) is 36.4 Å². The number of carbonyl (C=O) groups is 2. The molecule has 27 heavy (non-hydrogen) atoms. The number of amides is 1. The smallest absolute Gasteiger partial charge is 0.309 e.